The number of hydrogen-bond donors (Lipinski definition) is 0. The average Bonchev–Trinajstić information content (AvgIpc) is 2.35. The second-order valence-electron chi connectivity index (χ2n) is 3.45. The molecule has 92 valence electrons. The molecule has 0 unspecified atom stereocenters. The van der Waals surface area contributed by atoms with Crippen LogP contribution in [-0.2, 0) is 0 Å². The summed E-state index contributed by atoms with van der Waals surface area (Å²) in [6.45, 7) is 3.64. The number of rotatable bonds is 4. The minimum Gasteiger partial charge on any atom is -0.493 e. The SMILES string of the molecule is CC=C(C)c1cc(OC)c(OC)cc1[N+](=O)[O-]. The molecule has 0 atom stereocenters. The molecule has 1 aromatic carbocycles. The molecule has 0 heterocycles. The lowest BCUT2D eigenvalue weighted by Crippen LogP contribution is -1.98. The Labute approximate surface area is 99.8 Å². The Morgan fingerprint density at radius 1 is 1.29 bits per heavy atom. The molecule has 1 rings (SSSR count). The summed E-state index contributed by atoms with van der Waals surface area (Å²) >= 11 is 0. The van der Waals surface area contributed by atoms with Crippen LogP contribution in [0.5, 0.6) is 11.5 Å². The third-order valence-corrected chi connectivity index (χ3v) is 2.56. The van der Waals surface area contributed by atoms with Gasteiger partial charge < -0.3 is 9.47 Å². The maximum atomic E-state index is 11.0. The lowest BCUT2D eigenvalue weighted by atomic mass is 10.0. The molecule has 0 spiro atoms. The van der Waals surface area contributed by atoms with E-state index in [-0.39, 0.29) is 5.69 Å². The largest absolute Gasteiger partial charge is 0.493 e. The third-order valence-electron chi connectivity index (χ3n) is 2.56. The summed E-state index contributed by atoms with van der Waals surface area (Å²) in [4.78, 5) is 10.6. The van der Waals surface area contributed by atoms with Gasteiger partial charge in [0.05, 0.1) is 30.8 Å². The van der Waals surface area contributed by atoms with Gasteiger partial charge >= 0.3 is 0 Å². The fourth-order valence-corrected chi connectivity index (χ4v) is 1.49. The monoisotopic (exact) mass is 237 g/mol. The zero-order chi connectivity index (χ0) is 13.0. The number of nitro benzene ring substituents is 1. The van der Waals surface area contributed by atoms with Crippen molar-refractivity contribution in [3.05, 3.63) is 33.9 Å². The molecular weight excluding hydrogens is 222 g/mol. The molecule has 0 aromatic heterocycles. The minimum absolute atomic E-state index is 0.0123. The summed E-state index contributed by atoms with van der Waals surface area (Å²) in [5, 5.41) is 11.0. The van der Waals surface area contributed by atoms with Crippen LogP contribution in [0.3, 0.4) is 0 Å². The van der Waals surface area contributed by atoms with Gasteiger partial charge in [0.15, 0.2) is 11.5 Å². The number of nitro groups is 1. The van der Waals surface area contributed by atoms with Gasteiger partial charge in [0.25, 0.3) is 5.69 Å². The van der Waals surface area contributed by atoms with Crippen LogP contribution >= 0.6 is 0 Å². The first-order valence-electron chi connectivity index (χ1n) is 5.08. The van der Waals surface area contributed by atoms with Gasteiger partial charge in [-0.05, 0) is 25.5 Å². The lowest BCUT2D eigenvalue weighted by molar-refractivity contribution is -0.385. The van der Waals surface area contributed by atoms with E-state index in [1.54, 1.807) is 6.07 Å². The van der Waals surface area contributed by atoms with E-state index in [0.29, 0.717) is 17.1 Å². The molecule has 0 fully saturated rings. The second kappa shape index (κ2) is 5.34. The Kier molecular flexibility index (Phi) is 4.09. The van der Waals surface area contributed by atoms with E-state index in [1.165, 1.54) is 20.3 Å². The molecule has 5 heteroatoms. The minimum atomic E-state index is -0.426. The Hall–Kier alpha value is -2.04. The number of nitrogens with zero attached hydrogens (tertiary/aromatic N) is 1. The van der Waals surface area contributed by atoms with Gasteiger partial charge in [-0.3, -0.25) is 10.1 Å². The van der Waals surface area contributed by atoms with E-state index in [0.717, 1.165) is 5.57 Å². The Balaban J connectivity index is 3.51. The van der Waals surface area contributed by atoms with Crippen molar-refractivity contribution in [2.24, 2.45) is 0 Å². The fourth-order valence-electron chi connectivity index (χ4n) is 1.49. The number of methoxy groups -OCH3 is 2. The zero-order valence-electron chi connectivity index (χ0n) is 10.3. The highest BCUT2D eigenvalue weighted by atomic mass is 16.6. The summed E-state index contributed by atoms with van der Waals surface area (Å²) in [5.41, 5.74) is 1.37. The lowest BCUT2D eigenvalue weighted by Gasteiger charge is -2.10. The molecule has 0 N–H and O–H groups in total. The molecule has 5 nitrogen and oxygen atoms in total. The molecule has 0 bridgehead atoms. The van der Waals surface area contributed by atoms with Crippen LogP contribution < -0.4 is 9.47 Å². The van der Waals surface area contributed by atoms with Gasteiger partial charge in [0.1, 0.15) is 0 Å². The molecule has 0 radical (unpaired) electrons. The highest BCUT2D eigenvalue weighted by Crippen LogP contribution is 2.37. The van der Waals surface area contributed by atoms with E-state index in [4.69, 9.17) is 9.47 Å². The highest BCUT2D eigenvalue weighted by molar-refractivity contribution is 5.74. The van der Waals surface area contributed by atoms with Crippen molar-refractivity contribution in [3.63, 3.8) is 0 Å². The first-order valence-corrected chi connectivity index (χ1v) is 5.08. The Morgan fingerprint density at radius 2 is 1.82 bits per heavy atom. The molecule has 0 saturated heterocycles. The van der Waals surface area contributed by atoms with Crippen LogP contribution in [0, 0.1) is 10.1 Å². The van der Waals surface area contributed by atoms with Gasteiger partial charge in [-0.15, -0.1) is 0 Å². The smallest absolute Gasteiger partial charge is 0.280 e. The van der Waals surface area contributed by atoms with Crippen molar-refractivity contribution < 1.29 is 14.4 Å². The number of allylic oxidation sites excluding steroid dienone is 2. The van der Waals surface area contributed by atoms with Gasteiger partial charge in [-0.2, -0.15) is 0 Å². The van der Waals surface area contributed by atoms with Gasteiger partial charge in [0, 0.05) is 0 Å². The predicted molar refractivity (Wildman–Crippen MR) is 65.5 cm³/mol. The van der Waals surface area contributed by atoms with E-state index < -0.39 is 4.92 Å². The number of benzene rings is 1. The van der Waals surface area contributed by atoms with E-state index >= 15 is 0 Å². The Bertz CT molecular complexity index is 466. The van der Waals surface area contributed by atoms with Crippen molar-refractivity contribution in [1.29, 1.82) is 0 Å². The number of hydrogen-bond acceptors (Lipinski definition) is 4. The summed E-state index contributed by atoms with van der Waals surface area (Å²) in [5.74, 6) is 0.834. The Morgan fingerprint density at radius 3 is 2.24 bits per heavy atom. The molecule has 0 amide bonds. The van der Waals surface area contributed by atoms with E-state index in [9.17, 15) is 10.1 Å². The fraction of sp³-hybridized carbons (Fsp3) is 0.333. The van der Waals surface area contributed by atoms with Crippen LogP contribution in [0.1, 0.15) is 19.4 Å². The van der Waals surface area contributed by atoms with Crippen LogP contribution in [0.15, 0.2) is 18.2 Å². The van der Waals surface area contributed by atoms with Crippen molar-refractivity contribution in [2.45, 2.75) is 13.8 Å². The zero-order valence-corrected chi connectivity index (χ0v) is 10.3. The topological polar surface area (TPSA) is 61.6 Å². The summed E-state index contributed by atoms with van der Waals surface area (Å²) in [6.07, 6.45) is 1.81. The average molecular weight is 237 g/mol. The highest BCUT2D eigenvalue weighted by Gasteiger charge is 2.19. The molecule has 0 aliphatic rings. The standard InChI is InChI=1S/C12H15NO4/c1-5-8(2)9-6-11(16-3)12(17-4)7-10(9)13(14)15/h5-7H,1-4H3. The molecule has 0 saturated carbocycles. The van der Waals surface area contributed by atoms with Crippen molar-refractivity contribution >= 4 is 11.3 Å². The van der Waals surface area contributed by atoms with Gasteiger partial charge in [-0.25, -0.2) is 0 Å². The molecular formula is C12H15NO4. The third kappa shape index (κ3) is 2.55. The molecule has 0 aliphatic heterocycles. The first kappa shape index (κ1) is 13.0. The van der Waals surface area contributed by atoms with Crippen LogP contribution in [-0.4, -0.2) is 19.1 Å². The molecule has 1 aromatic rings. The van der Waals surface area contributed by atoms with Crippen LogP contribution in [0.4, 0.5) is 5.69 Å². The maximum Gasteiger partial charge on any atom is 0.280 e. The van der Waals surface area contributed by atoms with Gasteiger partial charge in [0.2, 0.25) is 0 Å². The normalized spacial score (nSPS) is 11.2. The van der Waals surface area contributed by atoms with E-state index in [1.807, 2.05) is 19.9 Å². The van der Waals surface area contributed by atoms with Crippen molar-refractivity contribution in [2.75, 3.05) is 14.2 Å². The molecule has 0 aliphatic carbocycles. The summed E-state index contributed by atoms with van der Waals surface area (Å²) < 4.78 is 10.2. The van der Waals surface area contributed by atoms with Crippen LogP contribution in [0.25, 0.3) is 5.57 Å². The van der Waals surface area contributed by atoms with Crippen molar-refractivity contribution in [3.8, 4) is 11.5 Å². The second-order valence-corrected chi connectivity index (χ2v) is 3.45. The maximum absolute atomic E-state index is 11.0. The van der Waals surface area contributed by atoms with Gasteiger partial charge in [-0.1, -0.05) is 6.08 Å². The summed E-state index contributed by atoms with van der Waals surface area (Å²) in [7, 11) is 2.95. The number of ether oxygens (including phenoxy) is 2. The molecule has 17 heavy (non-hydrogen) atoms. The van der Waals surface area contributed by atoms with Crippen molar-refractivity contribution in [1.82, 2.24) is 0 Å². The first-order chi connectivity index (χ1) is 8.04. The van der Waals surface area contributed by atoms with Crippen LogP contribution in [0.2, 0.25) is 0 Å². The predicted octanol–water partition coefficient (Wildman–Crippen LogP) is 3.04. The van der Waals surface area contributed by atoms with E-state index in [2.05, 4.69) is 0 Å². The summed E-state index contributed by atoms with van der Waals surface area (Å²) in [6, 6.07) is 2.99. The quantitative estimate of drug-likeness (QED) is 0.596.